The van der Waals surface area contributed by atoms with Crippen LogP contribution in [0.25, 0.3) is 0 Å². The summed E-state index contributed by atoms with van der Waals surface area (Å²) in [7, 11) is 0. The Labute approximate surface area is 132 Å². The number of hydrogen-bond donors (Lipinski definition) is 1. The molecule has 1 saturated heterocycles. The summed E-state index contributed by atoms with van der Waals surface area (Å²) in [6, 6.07) is 5.58. The van der Waals surface area contributed by atoms with Gasteiger partial charge in [-0.05, 0) is 12.1 Å². The third-order valence-electron chi connectivity index (χ3n) is 3.49. The third kappa shape index (κ3) is 4.01. The van der Waals surface area contributed by atoms with E-state index in [-0.39, 0.29) is 29.6 Å². The van der Waals surface area contributed by atoms with E-state index in [0.717, 1.165) is 0 Å². The topological polar surface area (TPSA) is 73.3 Å². The predicted octanol–water partition coefficient (Wildman–Crippen LogP) is 1.58. The van der Waals surface area contributed by atoms with E-state index in [9.17, 15) is 9.18 Å². The lowest BCUT2D eigenvalue weighted by Crippen LogP contribution is -2.52. The number of ether oxygens (including phenoxy) is 2. The summed E-state index contributed by atoms with van der Waals surface area (Å²) in [6.07, 6.45) is 4.64. The molecule has 0 radical (unpaired) electrons. The summed E-state index contributed by atoms with van der Waals surface area (Å²) in [5.74, 6) is -0.285. The Hall–Kier alpha value is -2.54. The van der Waals surface area contributed by atoms with Crippen molar-refractivity contribution in [3.63, 3.8) is 0 Å². The average molecular weight is 317 g/mol. The molecular weight excluding hydrogens is 301 g/mol. The lowest BCUT2D eigenvalue weighted by Gasteiger charge is -2.32. The Morgan fingerprint density at radius 2 is 2.30 bits per heavy atom. The zero-order chi connectivity index (χ0) is 16.1. The van der Waals surface area contributed by atoms with Crippen LogP contribution in [0.1, 0.15) is 16.9 Å². The lowest BCUT2D eigenvalue weighted by molar-refractivity contribution is -0.00304. The number of halogens is 1. The fourth-order valence-electron chi connectivity index (χ4n) is 2.37. The molecule has 2 heterocycles. The molecule has 0 saturated carbocycles. The third-order valence-corrected chi connectivity index (χ3v) is 3.49. The van der Waals surface area contributed by atoms with Crippen LogP contribution in [0, 0.1) is 5.82 Å². The summed E-state index contributed by atoms with van der Waals surface area (Å²) in [5.41, 5.74) is 0.225. The van der Waals surface area contributed by atoms with Crippen LogP contribution in [-0.2, 0) is 4.74 Å². The van der Waals surface area contributed by atoms with Crippen molar-refractivity contribution in [2.75, 3.05) is 13.2 Å². The first kappa shape index (κ1) is 15.4. The van der Waals surface area contributed by atoms with Gasteiger partial charge in [0.1, 0.15) is 23.4 Å². The van der Waals surface area contributed by atoms with Crippen LogP contribution in [0.4, 0.5) is 4.39 Å². The van der Waals surface area contributed by atoms with E-state index < -0.39 is 0 Å². The number of carbonyl (C=O) groups is 1. The first-order valence-corrected chi connectivity index (χ1v) is 7.29. The predicted molar refractivity (Wildman–Crippen MR) is 79.5 cm³/mol. The van der Waals surface area contributed by atoms with E-state index in [0.29, 0.717) is 25.4 Å². The van der Waals surface area contributed by atoms with E-state index >= 15 is 0 Å². The fraction of sp³-hybridized carbons (Fsp3) is 0.312. The summed E-state index contributed by atoms with van der Waals surface area (Å²) in [6.45, 7) is 0.851. The standard InChI is InChI=1S/C16H16FN3O3/c17-11-2-1-3-12(8-11)23-15-4-7-22-10-14(15)20-16(21)13-9-18-5-6-19-13/h1-3,5-6,8-9,14-15H,4,7,10H2,(H,20,21). The maximum Gasteiger partial charge on any atom is 0.271 e. The molecule has 2 atom stereocenters. The van der Waals surface area contributed by atoms with Crippen LogP contribution in [0.2, 0.25) is 0 Å². The molecule has 23 heavy (non-hydrogen) atoms. The first-order chi connectivity index (χ1) is 11.2. The van der Waals surface area contributed by atoms with Gasteiger partial charge in [-0.15, -0.1) is 0 Å². The largest absolute Gasteiger partial charge is 0.488 e. The van der Waals surface area contributed by atoms with Gasteiger partial charge in [-0.25, -0.2) is 9.37 Å². The summed E-state index contributed by atoms with van der Waals surface area (Å²) in [5, 5.41) is 2.83. The van der Waals surface area contributed by atoms with Crippen LogP contribution in [0.15, 0.2) is 42.9 Å². The van der Waals surface area contributed by atoms with Crippen molar-refractivity contribution in [3.05, 3.63) is 54.4 Å². The summed E-state index contributed by atoms with van der Waals surface area (Å²) in [4.78, 5) is 20.0. The molecule has 2 aromatic rings. The van der Waals surface area contributed by atoms with Gasteiger partial charge in [0.25, 0.3) is 5.91 Å². The molecule has 2 unspecified atom stereocenters. The first-order valence-electron chi connectivity index (χ1n) is 7.29. The molecule has 0 aliphatic carbocycles. The summed E-state index contributed by atoms with van der Waals surface area (Å²) >= 11 is 0. The minimum Gasteiger partial charge on any atom is -0.488 e. The zero-order valence-corrected chi connectivity index (χ0v) is 12.3. The van der Waals surface area contributed by atoms with Gasteiger partial charge in [-0.1, -0.05) is 6.07 Å². The van der Waals surface area contributed by atoms with Gasteiger partial charge in [0.2, 0.25) is 0 Å². The van der Waals surface area contributed by atoms with Crippen LogP contribution in [0.5, 0.6) is 5.75 Å². The quantitative estimate of drug-likeness (QED) is 0.927. The molecule has 1 aromatic heterocycles. The number of amides is 1. The average Bonchev–Trinajstić information content (AvgIpc) is 2.57. The zero-order valence-electron chi connectivity index (χ0n) is 12.3. The Morgan fingerprint density at radius 1 is 1.39 bits per heavy atom. The van der Waals surface area contributed by atoms with Crippen LogP contribution in [0.3, 0.4) is 0 Å². The molecular formula is C16H16FN3O3. The minimum atomic E-state index is -0.366. The summed E-state index contributed by atoms with van der Waals surface area (Å²) < 4.78 is 24.5. The second-order valence-electron chi connectivity index (χ2n) is 5.15. The minimum absolute atomic E-state index is 0.225. The van der Waals surface area contributed by atoms with Crippen molar-refractivity contribution >= 4 is 5.91 Å². The van der Waals surface area contributed by atoms with Crippen molar-refractivity contribution in [2.24, 2.45) is 0 Å². The van der Waals surface area contributed by atoms with Crippen molar-refractivity contribution in [2.45, 2.75) is 18.6 Å². The molecule has 7 heteroatoms. The molecule has 1 aromatic carbocycles. The van der Waals surface area contributed by atoms with Crippen LogP contribution < -0.4 is 10.1 Å². The monoisotopic (exact) mass is 317 g/mol. The highest BCUT2D eigenvalue weighted by atomic mass is 19.1. The fourth-order valence-corrected chi connectivity index (χ4v) is 2.37. The second kappa shape index (κ2) is 7.15. The number of aromatic nitrogens is 2. The highest BCUT2D eigenvalue weighted by Gasteiger charge is 2.29. The Kier molecular flexibility index (Phi) is 4.77. The number of benzene rings is 1. The smallest absolute Gasteiger partial charge is 0.271 e. The van der Waals surface area contributed by atoms with Crippen molar-refractivity contribution in [3.8, 4) is 5.75 Å². The number of nitrogens with one attached hydrogen (secondary N) is 1. The normalized spacial score (nSPS) is 20.7. The SMILES string of the molecule is O=C(NC1COCCC1Oc1cccc(F)c1)c1cnccn1. The van der Waals surface area contributed by atoms with E-state index in [2.05, 4.69) is 15.3 Å². The molecule has 0 bridgehead atoms. The van der Waals surface area contributed by atoms with Gasteiger partial charge >= 0.3 is 0 Å². The van der Waals surface area contributed by atoms with Crippen molar-refractivity contribution in [1.82, 2.24) is 15.3 Å². The van der Waals surface area contributed by atoms with Gasteiger partial charge < -0.3 is 14.8 Å². The number of rotatable bonds is 4. The molecule has 1 aliphatic heterocycles. The number of carbonyl (C=O) groups excluding carboxylic acids is 1. The molecule has 0 spiro atoms. The second-order valence-corrected chi connectivity index (χ2v) is 5.15. The van der Waals surface area contributed by atoms with E-state index in [1.807, 2.05) is 0 Å². The molecule has 1 fully saturated rings. The molecule has 1 aliphatic rings. The van der Waals surface area contributed by atoms with Crippen molar-refractivity contribution in [1.29, 1.82) is 0 Å². The maximum absolute atomic E-state index is 13.3. The van der Waals surface area contributed by atoms with E-state index in [1.165, 1.54) is 30.7 Å². The van der Waals surface area contributed by atoms with E-state index in [1.54, 1.807) is 12.1 Å². The number of hydrogen-bond acceptors (Lipinski definition) is 5. The lowest BCUT2D eigenvalue weighted by atomic mass is 10.1. The van der Waals surface area contributed by atoms with Crippen LogP contribution in [-0.4, -0.2) is 41.2 Å². The number of nitrogens with zero attached hydrogens (tertiary/aromatic N) is 2. The van der Waals surface area contributed by atoms with Gasteiger partial charge in [0.15, 0.2) is 0 Å². The molecule has 6 nitrogen and oxygen atoms in total. The van der Waals surface area contributed by atoms with Crippen LogP contribution >= 0.6 is 0 Å². The van der Waals surface area contributed by atoms with E-state index in [4.69, 9.17) is 9.47 Å². The highest BCUT2D eigenvalue weighted by Crippen LogP contribution is 2.19. The molecule has 120 valence electrons. The van der Waals surface area contributed by atoms with Crippen molar-refractivity contribution < 1.29 is 18.7 Å². The Bertz CT molecular complexity index is 669. The maximum atomic E-state index is 13.3. The Morgan fingerprint density at radius 3 is 3.09 bits per heavy atom. The Balaban J connectivity index is 1.68. The molecule has 3 rings (SSSR count). The van der Waals surface area contributed by atoms with Gasteiger partial charge in [0, 0.05) is 24.9 Å². The van der Waals surface area contributed by atoms with Gasteiger partial charge in [0.05, 0.1) is 25.5 Å². The molecule has 1 N–H and O–H groups in total. The highest BCUT2D eigenvalue weighted by molar-refractivity contribution is 5.92. The van der Waals surface area contributed by atoms with Gasteiger partial charge in [-0.2, -0.15) is 0 Å². The molecule has 1 amide bonds. The van der Waals surface area contributed by atoms with Gasteiger partial charge in [-0.3, -0.25) is 9.78 Å².